The minimum absolute atomic E-state index is 0.124. The van der Waals surface area contributed by atoms with Crippen molar-refractivity contribution in [2.24, 2.45) is 7.05 Å². The van der Waals surface area contributed by atoms with Crippen LogP contribution in [0.1, 0.15) is 19.4 Å². The van der Waals surface area contributed by atoms with E-state index in [1.54, 1.807) is 11.8 Å². The molecule has 0 spiro atoms. The van der Waals surface area contributed by atoms with E-state index in [2.05, 4.69) is 41.2 Å². The fourth-order valence-corrected chi connectivity index (χ4v) is 4.05. The maximum Gasteiger partial charge on any atom is 0.272 e. The van der Waals surface area contributed by atoms with Gasteiger partial charge in [0.15, 0.2) is 5.65 Å². The molecule has 138 valence electrons. The van der Waals surface area contributed by atoms with Crippen LogP contribution in [0.15, 0.2) is 53.6 Å². The first-order chi connectivity index (χ1) is 12.9. The van der Waals surface area contributed by atoms with Crippen LogP contribution in [0.4, 0.5) is 8.78 Å². The number of halogens is 2. The number of hydrogen-bond acceptors (Lipinski definition) is 3. The molecule has 0 fully saturated rings. The van der Waals surface area contributed by atoms with Crippen molar-refractivity contribution in [1.82, 2.24) is 14.5 Å². The molecule has 0 bridgehead atoms. The highest BCUT2D eigenvalue weighted by Gasteiger charge is 2.26. The first-order valence-corrected chi connectivity index (χ1v) is 9.73. The zero-order chi connectivity index (χ0) is 19.2. The molecule has 0 N–H and O–H groups in total. The van der Waals surface area contributed by atoms with Crippen molar-refractivity contribution < 1.29 is 8.78 Å². The van der Waals surface area contributed by atoms with Crippen molar-refractivity contribution in [3.63, 3.8) is 0 Å². The number of aromatic nitrogens is 3. The zero-order valence-electron chi connectivity index (χ0n) is 15.3. The third-order valence-corrected chi connectivity index (χ3v) is 5.54. The molecule has 0 aliphatic rings. The molecule has 0 saturated carbocycles. The molecule has 2 aromatic heterocycles. The fourth-order valence-electron chi connectivity index (χ4n) is 3.23. The van der Waals surface area contributed by atoms with Gasteiger partial charge in [0, 0.05) is 36.2 Å². The summed E-state index contributed by atoms with van der Waals surface area (Å²) < 4.78 is 29.2. The second kappa shape index (κ2) is 6.60. The summed E-state index contributed by atoms with van der Waals surface area (Å²) in [7, 11) is 1.87. The van der Waals surface area contributed by atoms with Crippen LogP contribution in [0.5, 0.6) is 0 Å². The van der Waals surface area contributed by atoms with Crippen molar-refractivity contribution >= 4 is 33.7 Å². The lowest BCUT2D eigenvalue weighted by atomic mass is 10.1. The van der Waals surface area contributed by atoms with E-state index in [0.717, 1.165) is 34.3 Å². The molecule has 2 aromatic carbocycles. The molecule has 0 aliphatic heterocycles. The van der Waals surface area contributed by atoms with Gasteiger partial charge >= 0.3 is 0 Å². The Labute approximate surface area is 160 Å². The average Bonchev–Trinajstić information content (AvgIpc) is 2.97. The van der Waals surface area contributed by atoms with Crippen LogP contribution in [0.25, 0.3) is 33.3 Å². The highest BCUT2D eigenvalue weighted by Crippen LogP contribution is 2.36. The Morgan fingerprint density at radius 2 is 1.81 bits per heavy atom. The van der Waals surface area contributed by atoms with Gasteiger partial charge in [-0.2, -0.15) is 0 Å². The number of nitrogens with zero attached hydrogens (tertiary/aromatic N) is 3. The minimum atomic E-state index is -2.94. The van der Waals surface area contributed by atoms with E-state index < -0.39 is 5.92 Å². The van der Waals surface area contributed by atoms with Crippen LogP contribution in [0, 0.1) is 0 Å². The van der Waals surface area contributed by atoms with Crippen LogP contribution in [0.2, 0.25) is 0 Å². The number of hydrogen-bond donors (Lipinski definition) is 0. The van der Waals surface area contributed by atoms with Crippen molar-refractivity contribution in [1.29, 1.82) is 0 Å². The normalized spacial score (nSPS) is 12.2. The largest absolute Gasteiger partial charge is 0.312 e. The standard InChI is InChI=1S/C21H19F2N3S/c1-4-27-18-10-14-8-6-5-7-13(14)9-16(18)19-25-17-11-15(21(2,22)23)12-24-20(17)26(19)3/h5-12H,4H2,1-3H3. The van der Waals surface area contributed by atoms with Crippen LogP contribution in [-0.2, 0) is 13.0 Å². The maximum absolute atomic E-state index is 13.7. The molecule has 27 heavy (non-hydrogen) atoms. The lowest BCUT2D eigenvalue weighted by Crippen LogP contribution is -2.07. The molecular formula is C21H19F2N3S. The van der Waals surface area contributed by atoms with Gasteiger partial charge in [-0.3, -0.25) is 0 Å². The minimum Gasteiger partial charge on any atom is -0.312 e. The topological polar surface area (TPSA) is 30.7 Å². The number of pyridine rings is 1. The van der Waals surface area contributed by atoms with E-state index in [1.165, 1.54) is 17.6 Å². The average molecular weight is 383 g/mol. The molecule has 3 nitrogen and oxygen atoms in total. The number of thioether (sulfide) groups is 1. The molecule has 6 heteroatoms. The Morgan fingerprint density at radius 3 is 2.48 bits per heavy atom. The number of imidazole rings is 1. The predicted molar refractivity (Wildman–Crippen MR) is 107 cm³/mol. The lowest BCUT2D eigenvalue weighted by Gasteiger charge is -2.11. The monoisotopic (exact) mass is 383 g/mol. The van der Waals surface area contributed by atoms with Crippen LogP contribution < -0.4 is 0 Å². The van der Waals surface area contributed by atoms with Gasteiger partial charge in [0.2, 0.25) is 0 Å². The number of benzene rings is 2. The van der Waals surface area contributed by atoms with E-state index in [9.17, 15) is 8.78 Å². The predicted octanol–water partition coefficient (Wildman–Crippen LogP) is 6.01. The summed E-state index contributed by atoms with van der Waals surface area (Å²) in [5.41, 5.74) is 1.94. The van der Waals surface area contributed by atoms with Crippen molar-refractivity contribution in [3.8, 4) is 11.4 Å². The van der Waals surface area contributed by atoms with Crippen LogP contribution in [0.3, 0.4) is 0 Å². The Hall–Kier alpha value is -2.47. The van der Waals surface area contributed by atoms with Crippen LogP contribution in [-0.4, -0.2) is 20.3 Å². The van der Waals surface area contributed by atoms with E-state index in [1.807, 2.05) is 23.7 Å². The first kappa shape index (κ1) is 17.9. The molecular weight excluding hydrogens is 364 g/mol. The van der Waals surface area contributed by atoms with E-state index in [4.69, 9.17) is 0 Å². The van der Waals surface area contributed by atoms with Gasteiger partial charge in [0.1, 0.15) is 11.3 Å². The Morgan fingerprint density at radius 1 is 1.11 bits per heavy atom. The summed E-state index contributed by atoms with van der Waals surface area (Å²) in [6.07, 6.45) is 1.23. The highest BCUT2D eigenvalue weighted by atomic mass is 32.2. The van der Waals surface area contributed by atoms with Gasteiger partial charge in [-0.15, -0.1) is 11.8 Å². The maximum atomic E-state index is 13.7. The van der Waals surface area contributed by atoms with Gasteiger partial charge in [0.25, 0.3) is 5.92 Å². The Balaban J connectivity index is 1.95. The number of aryl methyl sites for hydroxylation is 1. The molecule has 0 amide bonds. The molecule has 0 radical (unpaired) electrons. The SMILES string of the molecule is CCSc1cc2ccccc2cc1-c1nc2cc(C(C)(F)F)cnc2n1C. The second-order valence-electron chi connectivity index (χ2n) is 6.58. The van der Waals surface area contributed by atoms with Crippen molar-refractivity contribution in [3.05, 3.63) is 54.2 Å². The van der Waals surface area contributed by atoms with Gasteiger partial charge in [-0.05, 0) is 34.7 Å². The summed E-state index contributed by atoms with van der Waals surface area (Å²) in [6.45, 7) is 2.98. The zero-order valence-corrected chi connectivity index (χ0v) is 16.1. The van der Waals surface area contributed by atoms with Gasteiger partial charge < -0.3 is 4.57 Å². The fraction of sp³-hybridized carbons (Fsp3) is 0.238. The van der Waals surface area contributed by atoms with E-state index >= 15 is 0 Å². The molecule has 0 atom stereocenters. The van der Waals surface area contributed by atoms with E-state index in [-0.39, 0.29) is 5.56 Å². The smallest absolute Gasteiger partial charge is 0.272 e. The summed E-state index contributed by atoms with van der Waals surface area (Å²) >= 11 is 1.74. The summed E-state index contributed by atoms with van der Waals surface area (Å²) in [6, 6.07) is 13.9. The Kier molecular flexibility index (Phi) is 4.38. The number of fused-ring (bicyclic) bond motifs is 2. The summed E-state index contributed by atoms with van der Waals surface area (Å²) in [5, 5.41) is 2.29. The molecule has 0 saturated heterocycles. The molecule has 4 rings (SSSR count). The Bertz CT molecular complexity index is 1150. The van der Waals surface area contributed by atoms with E-state index in [0.29, 0.717) is 11.2 Å². The number of alkyl halides is 2. The first-order valence-electron chi connectivity index (χ1n) is 8.75. The van der Waals surface area contributed by atoms with Crippen molar-refractivity contribution in [2.45, 2.75) is 24.7 Å². The van der Waals surface area contributed by atoms with Gasteiger partial charge in [-0.1, -0.05) is 31.2 Å². The number of rotatable bonds is 4. The molecule has 0 aliphatic carbocycles. The third kappa shape index (κ3) is 3.18. The lowest BCUT2D eigenvalue weighted by molar-refractivity contribution is 0.0172. The van der Waals surface area contributed by atoms with Gasteiger partial charge in [0.05, 0.1) is 0 Å². The van der Waals surface area contributed by atoms with Crippen LogP contribution >= 0.6 is 11.8 Å². The third-order valence-electron chi connectivity index (χ3n) is 4.60. The molecule has 2 heterocycles. The quantitative estimate of drug-likeness (QED) is 0.404. The molecule has 0 unspecified atom stereocenters. The highest BCUT2D eigenvalue weighted by molar-refractivity contribution is 7.99. The molecule has 4 aromatic rings. The van der Waals surface area contributed by atoms with Crippen molar-refractivity contribution in [2.75, 3.05) is 5.75 Å². The summed E-state index contributed by atoms with van der Waals surface area (Å²) in [4.78, 5) is 10.0. The second-order valence-corrected chi connectivity index (χ2v) is 7.88. The van der Waals surface area contributed by atoms with Gasteiger partial charge in [-0.25, -0.2) is 18.7 Å². The summed E-state index contributed by atoms with van der Waals surface area (Å²) in [5.74, 6) is -1.28.